The van der Waals surface area contributed by atoms with Crippen LogP contribution in [-0.2, 0) is 13.1 Å². The lowest BCUT2D eigenvalue weighted by atomic mass is 10.1. The molecular weight excluding hydrogens is 423 g/mol. The lowest BCUT2D eigenvalue weighted by Gasteiger charge is -2.25. The first-order valence-electron chi connectivity index (χ1n) is 8.83. The first-order chi connectivity index (χ1) is 13.5. The van der Waals surface area contributed by atoms with Gasteiger partial charge in [0, 0.05) is 13.1 Å². The van der Waals surface area contributed by atoms with E-state index >= 15 is 0 Å². The van der Waals surface area contributed by atoms with Crippen molar-refractivity contribution in [3.8, 4) is 11.5 Å². The molecule has 4 nitrogen and oxygen atoms in total. The van der Waals surface area contributed by atoms with Gasteiger partial charge >= 0.3 is 0 Å². The van der Waals surface area contributed by atoms with Crippen LogP contribution in [0.2, 0.25) is 0 Å². The fourth-order valence-electron chi connectivity index (χ4n) is 2.88. The molecule has 0 unspecified atom stereocenters. The molecule has 0 radical (unpaired) electrons. The van der Waals surface area contributed by atoms with Crippen molar-refractivity contribution in [1.82, 2.24) is 4.98 Å². The topological polar surface area (TPSA) is 34.6 Å². The van der Waals surface area contributed by atoms with Crippen LogP contribution in [0.4, 0.5) is 10.2 Å². The zero-order valence-corrected chi connectivity index (χ0v) is 17.7. The minimum atomic E-state index is -0.345. The summed E-state index contributed by atoms with van der Waals surface area (Å²) in [6.45, 7) is 2.84. The first kappa shape index (κ1) is 20.1. The van der Waals surface area contributed by atoms with E-state index < -0.39 is 0 Å². The molecule has 0 atom stereocenters. The quantitative estimate of drug-likeness (QED) is 0.449. The van der Waals surface area contributed by atoms with Gasteiger partial charge < -0.3 is 14.4 Å². The molecule has 1 aromatic heterocycles. The minimum Gasteiger partial charge on any atom is -0.497 e. The van der Waals surface area contributed by atoms with Crippen LogP contribution in [0.3, 0.4) is 0 Å². The third-order valence-electron chi connectivity index (χ3n) is 4.45. The van der Waals surface area contributed by atoms with Gasteiger partial charge in [-0.2, -0.15) is 0 Å². The van der Waals surface area contributed by atoms with E-state index in [0.29, 0.717) is 23.5 Å². The van der Waals surface area contributed by atoms with Gasteiger partial charge in [-0.25, -0.2) is 9.37 Å². The third kappa shape index (κ3) is 4.81. The lowest BCUT2D eigenvalue weighted by Crippen LogP contribution is -2.24. The highest BCUT2D eigenvalue weighted by Gasteiger charge is 2.17. The standard InChI is InChI=1S/C22H22BrFN2O2/c1-15-12-20(24)22(25-21(15)23)26(13-16-4-8-18(27-2)9-5-16)14-17-6-10-19(28-3)11-7-17/h4-12H,13-14H2,1-3H3. The van der Waals surface area contributed by atoms with Gasteiger partial charge in [0.1, 0.15) is 16.1 Å². The van der Waals surface area contributed by atoms with Crippen LogP contribution >= 0.6 is 15.9 Å². The minimum absolute atomic E-state index is 0.309. The Labute approximate surface area is 173 Å². The normalized spacial score (nSPS) is 10.6. The average molecular weight is 445 g/mol. The summed E-state index contributed by atoms with van der Waals surface area (Å²) in [5.41, 5.74) is 2.83. The molecule has 0 N–H and O–H groups in total. The predicted molar refractivity (Wildman–Crippen MR) is 113 cm³/mol. The molecule has 0 fully saturated rings. The molecule has 146 valence electrons. The van der Waals surface area contributed by atoms with Gasteiger partial charge in [-0.3, -0.25) is 0 Å². The maximum atomic E-state index is 14.8. The highest BCUT2D eigenvalue weighted by Crippen LogP contribution is 2.27. The van der Waals surface area contributed by atoms with Gasteiger partial charge in [0.25, 0.3) is 0 Å². The molecule has 0 saturated carbocycles. The van der Waals surface area contributed by atoms with Crippen molar-refractivity contribution < 1.29 is 13.9 Å². The van der Waals surface area contributed by atoms with Crippen molar-refractivity contribution in [2.24, 2.45) is 0 Å². The Kier molecular flexibility index (Phi) is 6.52. The van der Waals surface area contributed by atoms with Crippen molar-refractivity contribution in [3.63, 3.8) is 0 Å². The SMILES string of the molecule is COc1ccc(CN(Cc2ccc(OC)cc2)c2nc(Br)c(C)cc2F)cc1. The number of methoxy groups -OCH3 is 2. The Bertz CT molecular complexity index is 881. The number of hydrogen-bond acceptors (Lipinski definition) is 4. The number of benzene rings is 2. The van der Waals surface area contributed by atoms with Gasteiger partial charge in [-0.1, -0.05) is 24.3 Å². The highest BCUT2D eigenvalue weighted by atomic mass is 79.9. The number of aryl methyl sites for hydroxylation is 1. The van der Waals surface area contributed by atoms with Gasteiger partial charge in [0.05, 0.1) is 14.2 Å². The molecule has 0 amide bonds. The molecule has 0 saturated heterocycles. The predicted octanol–water partition coefficient (Wildman–Crippen LogP) is 5.52. The van der Waals surface area contributed by atoms with Gasteiger partial charge in [-0.05, 0) is 69.9 Å². The van der Waals surface area contributed by atoms with E-state index in [0.717, 1.165) is 28.2 Å². The number of anilines is 1. The number of ether oxygens (including phenoxy) is 2. The van der Waals surface area contributed by atoms with Crippen molar-refractivity contribution in [2.45, 2.75) is 20.0 Å². The zero-order valence-electron chi connectivity index (χ0n) is 16.1. The summed E-state index contributed by atoms with van der Waals surface area (Å²) in [5, 5.41) is 0. The van der Waals surface area contributed by atoms with E-state index in [1.807, 2.05) is 60.4 Å². The van der Waals surface area contributed by atoms with E-state index in [4.69, 9.17) is 9.47 Å². The van der Waals surface area contributed by atoms with Crippen molar-refractivity contribution in [2.75, 3.05) is 19.1 Å². The van der Waals surface area contributed by atoms with E-state index in [9.17, 15) is 4.39 Å². The molecule has 0 aliphatic rings. The Balaban J connectivity index is 1.93. The smallest absolute Gasteiger partial charge is 0.166 e. The summed E-state index contributed by atoms with van der Waals surface area (Å²) in [5.74, 6) is 1.53. The number of aromatic nitrogens is 1. The molecule has 3 rings (SSSR count). The molecule has 1 heterocycles. The van der Waals surface area contributed by atoms with Crippen molar-refractivity contribution in [3.05, 3.63) is 81.7 Å². The van der Waals surface area contributed by atoms with Crippen LogP contribution in [0, 0.1) is 12.7 Å². The van der Waals surface area contributed by atoms with Crippen LogP contribution in [0.1, 0.15) is 16.7 Å². The second kappa shape index (κ2) is 9.06. The van der Waals surface area contributed by atoms with Crippen molar-refractivity contribution in [1.29, 1.82) is 0 Å². The molecule has 0 bridgehead atoms. The molecule has 2 aromatic carbocycles. The van der Waals surface area contributed by atoms with Gasteiger partial charge in [0.15, 0.2) is 11.6 Å². The summed E-state index contributed by atoms with van der Waals surface area (Å²) >= 11 is 3.42. The highest BCUT2D eigenvalue weighted by molar-refractivity contribution is 9.10. The maximum absolute atomic E-state index is 14.8. The third-order valence-corrected chi connectivity index (χ3v) is 5.25. The van der Waals surface area contributed by atoms with Crippen LogP contribution in [0.25, 0.3) is 0 Å². The van der Waals surface area contributed by atoms with Crippen LogP contribution in [0.15, 0.2) is 59.2 Å². The van der Waals surface area contributed by atoms with Crippen LogP contribution in [0.5, 0.6) is 11.5 Å². The van der Waals surface area contributed by atoms with E-state index in [1.54, 1.807) is 14.2 Å². The number of nitrogens with zero attached hydrogens (tertiary/aromatic N) is 2. The number of hydrogen-bond donors (Lipinski definition) is 0. The molecule has 3 aromatic rings. The Morgan fingerprint density at radius 3 is 1.79 bits per heavy atom. The number of halogens is 2. The summed E-state index contributed by atoms with van der Waals surface area (Å²) in [4.78, 5) is 6.37. The van der Waals surface area contributed by atoms with E-state index in [2.05, 4.69) is 20.9 Å². The van der Waals surface area contributed by atoms with Crippen LogP contribution < -0.4 is 14.4 Å². The molecule has 0 aliphatic carbocycles. The van der Waals surface area contributed by atoms with Crippen LogP contribution in [-0.4, -0.2) is 19.2 Å². The zero-order chi connectivity index (χ0) is 20.1. The Hall–Kier alpha value is -2.60. The molecule has 6 heteroatoms. The van der Waals surface area contributed by atoms with E-state index in [-0.39, 0.29) is 5.82 Å². The Morgan fingerprint density at radius 2 is 1.36 bits per heavy atom. The molecule has 28 heavy (non-hydrogen) atoms. The molecule has 0 aliphatic heterocycles. The maximum Gasteiger partial charge on any atom is 0.166 e. The average Bonchev–Trinajstić information content (AvgIpc) is 2.71. The fourth-order valence-corrected chi connectivity index (χ4v) is 3.16. The van der Waals surface area contributed by atoms with Gasteiger partial charge in [-0.15, -0.1) is 0 Å². The fraction of sp³-hybridized carbons (Fsp3) is 0.227. The summed E-state index contributed by atoms with van der Waals surface area (Å²) in [7, 11) is 3.27. The summed E-state index contributed by atoms with van der Waals surface area (Å²) in [6.07, 6.45) is 0. The summed E-state index contributed by atoms with van der Waals surface area (Å²) in [6, 6.07) is 17.0. The Morgan fingerprint density at radius 1 is 0.893 bits per heavy atom. The lowest BCUT2D eigenvalue weighted by molar-refractivity contribution is 0.414. The first-order valence-corrected chi connectivity index (χ1v) is 9.63. The molecule has 0 spiro atoms. The number of pyridine rings is 1. The molecular formula is C22H22BrFN2O2. The van der Waals surface area contributed by atoms with Gasteiger partial charge in [0.2, 0.25) is 0 Å². The van der Waals surface area contributed by atoms with E-state index in [1.165, 1.54) is 6.07 Å². The number of rotatable bonds is 7. The monoisotopic (exact) mass is 444 g/mol. The second-order valence-corrected chi connectivity index (χ2v) is 7.20. The largest absolute Gasteiger partial charge is 0.497 e. The summed E-state index contributed by atoms with van der Waals surface area (Å²) < 4.78 is 25.8. The second-order valence-electron chi connectivity index (χ2n) is 6.45. The van der Waals surface area contributed by atoms with Crippen molar-refractivity contribution >= 4 is 21.7 Å².